The first-order valence-corrected chi connectivity index (χ1v) is 9.04. The van der Waals surface area contributed by atoms with Crippen LogP contribution in [0.4, 0.5) is 17.2 Å². The van der Waals surface area contributed by atoms with Gasteiger partial charge in [-0.2, -0.15) is 0 Å². The average Bonchev–Trinajstić information content (AvgIpc) is 3.04. The van der Waals surface area contributed by atoms with Crippen LogP contribution in [0.3, 0.4) is 0 Å². The summed E-state index contributed by atoms with van der Waals surface area (Å²) in [5, 5.41) is 13.7. The number of carbonyl (C=O) groups excluding carboxylic acids is 1. The molecule has 0 aromatic carbocycles. The summed E-state index contributed by atoms with van der Waals surface area (Å²) in [4.78, 5) is 18.4. The number of nitrogen functional groups attached to an aromatic ring is 1. The quantitative estimate of drug-likeness (QED) is 0.457. The van der Waals surface area contributed by atoms with E-state index in [2.05, 4.69) is 10.3 Å². The molecule has 144 valence electrons. The van der Waals surface area contributed by atoms with Crippen molar-refractivity contribution < 1.29 is 14.6 Å². The van der Waals surface area contributed by atoms with E-state index in [1.54, 1.807) is 13.8 Å². The number of rotatable bonds is 4. The van der Waals surface area contributed by atoms with Crippen LogP contribution in [0.15, 0.2) is 0 Å². The van der Waals surface area contributed by atoms with Gasteiger partial charge in [-0.25, -0.2) is 4.98 Å². The first-order valence-electron chi connectivity index (χ1n) is 8.67. The zero-order valence-electron chi connectivity index (χ0n) is 15.4. The summed E-state index contributed by atoms with van der Waals surface area (Å²) in [6.07, 6.45) is 0.0462. The molecular formula is C17H26ClN5O3. The van der Waals surface area contributed by atoms with Crippen molar-refractivity contribution in [2.45, 2.75) is 52.0 Å². The number of amides is 1. The molecule has 26 heavy (non-hydrogen) atoms. The lowest BCUT2D eigenvalue weighted by molar-refractivity contribution is -0.207. The van der Waals surface area contributed by atoms with Crippen LogP contribution in [-0.2, 0) is 9.53 Å². The molecule has 1 aliphatic heterocycles. The Morgan fingerprint density at radius 3 is 2.73 bits per heavy atom. The van der Waals surface area contributed by atoms with E-state index in [4.69, 9.17) is 27.8 Å². The fraction of sp³-hybridized carbons (Fsp3) is 0.647. The van der Waals surface area contributed by atoms with Crippen LogP contribution in [-0.4, -0.2) is 40.6 Å². The Labute approximate surface area is 157 Å². The summed E-state index contributed by atoms with van der Waals surface area (Å²) in [7, 11) is 0. The molecule has 0 spiro atoms. The Hall–Kier alpha value is -1.77. The maximum atomic E-state index is 11.9. The first kappa shape index (κ1) is 19.0. The third kappa shape index (κ3) is 3.17. The monoisotopic (exact) mass is 383 g/mol. The molecule has 0 radical (unpaired) electrons. The van der Waals surface area contributed by atoms with E-state index >= 15 is 0 Å². The fourth-order valence-corrected chi connectivity index (χ4v) is 4.23. The van der Waals surface area contributed by atoms with Gasteiger partial charge in [-0.15, -0.1) is 0 Å². The summed E-state index contributed by atoms with van der Waals surface area (Å²) < 4.78 is 5.86. The highest BCUT2D eigenvalue weighted by atomic mass is 35.5. The van der Waals surface area contributed by atoms with Crippen LogP contribution in [0.1, 0.15) is 32.8 Å². The predicted octanol–water partition coefficient (Wildman–Crippen LogP) is 1.44. The van der Waals surface area contributed by atoms with E-state index in [-0.39, 0.29) is 23.8 Å². The van der Waals surface area contributed by atoms with Crippen LogP contribution < -0.4 is 21.7 Å². The highest BCUT2D eigenvalue weighted by Crippen LogP contribution is 2.45. The number of halogens is 1. The number of nitrogens with one attached hydrogen (secondary N) is 1. The van der Waals surface area contributed by atoms with Gasteiger partial charge in [-0.05, 0) is 33.1 Å². The number of fused-ring (bicyclic) bond motifs is 1. The van der Waals surface area contributed by atoms with Gasteiger partial charge in [0.25, 0.3) is 0 Å². The third-order valence-corrected chi connectivity index (χ3v) is 5.68. The van der Waals surface area contributed by atoms with E-state index in [9.17, 15) is 9.90 Å². The summed E-state index contributed by atoms with van der Waals surface area (Å²) >= 11 is 6.24. The third-order valence-electron chi connectivity index (χ3n) is 5.31. The van der Waals surface area contributed by atoms with Gasteiger partial charge >= 0.3 is 0 Å². The molecule has 1 fully saturated rings. The molecule has 6 N–H and O–H groups in total. The molecule has 1 aliphatic carbocycles. The van der Waals surface area contributed by atoms with E-state index in [1.807, 2.05) is 18.7 Å². The molecule has 1 aromatic rings. The van der Waals surface area contributed by atoms with E-state index < -0.39 is 11.9 Å². The smallest absolute Gasteiger partial charge is 0.220 e. The first-order chi connectivity index (χ1) is 12.0. The minimum absolute atomic E-state index is 0.0873. The van der Waals surface area contributed by atoms with Crippen LogP contribution in [0.2, 0.25) is 5.15 Å². The minimum Gasteiger partial charge on any atom is -0.397 e. The summed E-state index contributed by atoms with van der Waals surface area (Å²) in [6.45, 7) is 7.37. The van der Waals surface area contributed by atoms with Gasteiger partial charge in [0.05, 0.1) is 24.5 Å². The number of aliphatic hydroxyl groups is 1. The highest BCUT2D eigenvalue weighted by Gasteiger charge is 2.50. The Bertz CT molecular complexity index is 736. The largest absolute Gasteiger partial charge is 0.397 e. The second-order valence-electron chi connectivity index (χ2n) is 7.64. The van der Waals surface area contributed by atoms with Gasteiger partial charge in [0.1, 0.15) is 10.8 Å². The SMILES string of the molecule is Cc1c(Cl)nc2c(c1N)NCN2C1[C@@H](C)C(C(N)=O)C[C@H]1OC(C)(C)O. The minimum atomic E-state index is -1.33. The molecule has 1 aromatic heterocycles. The Balaban J connectivity index is 2.00. The van der Waals surface area contributed by atoms with Crippen molar-refractivity contribution in [3.8, 4) is 0 Å². The lowest BCUT2D eigenvalue weighted by Gasteiger charge is -2.35. The molecule has 0 saturated heterocycles. The van der Waals surface area contributed by atoms with Crippen LogP contribution in [0, 0.1) is 18.8 Å². The fourth-order valence-electron chi connectivity index (χ4n) is 4.05. The molecule has 9 heteroatoms. The zero-order chi connectivity index (χ0) is 19.4. The number of pyridine rings is 1. The summed E-state index contributed by atoms with van der Waals surface area (Å²) in [6, 6.07) is -0.210. The molecule has 2 unspecified atom stereocenters. The average molecular weight is 384 g/mol. The molecular weight excluding hydrogens is 358 g/mol. The Kier molecular flexibility index (Phi) is 4.71. The van der Waals surface area contributed by atoms with Crippen molar-refractivity contribution in [1.29, 1.82) is 0 Å². The van der Waals surface area contributed by atoms with Crippen LogP contribution in [0.25, 0.3) is 0 Å². The van der Waals surface area contributed by atoms with Crippen LogP contribution in [0.5, 0.6) is 0 Å². The van der Waals surface area contributed by atoms with Gasteiger partial charge in [0.15, 0.2) is 11.6 Å². The van der Waals surface area contributed by atoms with Crippen molar-refractivity contribution in [2.75, 3.05) is 22.6 Å². The highest BCUT2D eigenvalue weighted by molar-refractivity contribution is 6.31. The second-order valence-corrected chi connectivity index (χ2v) is 8.00. The molecule has 4 atom stereocenters. The van der Waals surface area contributed by atoms with E-state index in [1.165, 1.54) is 0 Å². The number of ether oxygens (including phenoxy) is 1. The number of aromatic nitrogens is 1. The van der Waals surface area contributed by atoms with Gasteiger partial charge in [-0.3, -0.25) is 4.79 Å². The van der Waals surface area contributed by atoms with E-state index in [0.29, 0.717) is 29.7 Å². The van der Waals surface area contributed by atoms with E-state index in [0.717, 1.165) is 11.3 Å². The predicted molar refractivity (Wildman–Crippen MR) is 101 cm³/mol. The number of hydrogen-bond acceptors (Lipinski definition) is 7. The van der Waals surface area contributed by atoms with Crippen LogP contribution >= 0.6 is 11.6 Å². The molecule has 1 saturated carbocycles. The Morgan fingerprint density at radius 1 is 1.50 bits per heavy atom. The van der Waals surface area contributed by atoms with Gasteiger partial charge in [-0.1, -0.05) is 18.5 Å². The number of anilines is 3. The zero-order valence-corrected chi connectivity index (χ0v) is 16.2. The normalized spacial score (nSPS) is 28.2. The number of carbonyl (C=O) groups is 1. The Morgan fingerprint density at radius 2 is 2.15 bits per heavy atom. The topological polar surface area (TPSA) is 127 Å². The maximum absolute atomic E-state index is 11.9. The molecule has 1 amide bonds. The molecule has 2 heterocycles. The number of primary amides is 1. The lowest BCUT2D eigenvalue weighted by Crippen LogP contribution is -2.48. The standard InChI is InChI=1S/C17H26ClN5O3/c1-7-9(15(20)24)5-10(26-17(3,4)25)13(7)23-6-21-12-11(19)8(2)14(18)22-16(12)23/h7,9-10,13,21,25H,5-6H2,1-4H3,(H2,19,22)(H2,20,24)/t7-,9?,10+,13?/m0/s1. The van der Waals surface area contributed by atoms with Gasteiger partial charge in [0.2, 0.25) is 5.91 Å². The lowest BCUT2D eigenvalue weighted by atomic mass is 9.94. The second kappa shape index (κ2) is 6.44. The number of nitrogens with zero attached hydrogens (tertiary/aromatic N) is 2. The van der Waals surface area contributed by atoms with Gasteiger partial charge in [0, 0.05) is 11.5 Å². The van der Waals surface area contributed by atoms with Gasteiger partial charge < -0.3 is 31.5 Å². The molecule has 0 bridgehead atoms. The molecule has 8 nitrogen and oxygen atoms in total. The molecule has 3 rings (SSSR count). The van der Waals surface area contributed by atoms with Crippen molar-refractivity contribution in [3.05, 3.63) is 10.7 Å². The number of hydrogen-bond donors (Lipinski definition) is 4. The van der Waals surface area contributed by atoms with Crippen molar-refractivity contribution >= 4 is 34.7 Å². The number of nitrogens with two attached hydrogens (primary N) is 2. The summed E-state index contributed by atoms with van der Waals surface area (Å²) in [5.41, 5.74) is 13.8. The van der Waals surface area contributed by atoms with Crippen molar-refractivity contribution in [2.24, 2.45) is 17.6 Å². The maximum Gasteiger partial charge on any atom is 0.220 e. The summed E-state index contributed by atoms with van der Waals surface area (Å²) in [5.74, 6) is -1.51. The van der Waals surface area contributed by atoms with Crippen molar-refractivity contribution in [3.63, 3.8) is 0 Å². The van der Waals surface area contributed by atoms with Crippen molar-refractivity contribution in [1.82, 2.24) is 4.98 Å². The molecule has 2 aliphatic rings.